The zero-order valence-corrected chi connectivity index (χ0v) is 19.2. The van der Waals surface area contributed by atoms with Gasteiger partial charge in [-0.3, -0.25) is 9.59 Å². The van der Waals surface area contributed by atoms with E-state index in [1.165, 1.54) is 12.1 Å². The number of likely N-dealkylation sites (tertiary alicyclic amines) is 1. The summed E-state index contributed by atoms with van der Waals surface area (Å²) in [5.74, 6) is 0.124. The van der Waals surface area contributed by atoms with Gasteiger partial charge in [0.05, 0.1) is 18.6 Å². The van der Waals surface area contributed by atoms with Gasteiger partial charge in [0, 0.05) is 25.6 Å². The summed E-state index contributed by atoms with van der Waals surface area (Å²) >= 11 is 0. The number of benzene rings is 3. The number of hydrogen-bond donors (Lipinski definition) is 1. The highest BCUT2D eigenvalue weighted by Gasteiger charge is 2.41. The molecule has 0 radical (unpaired) electrons. The number of methoxy groups -OCH3 is 1. The van der Waals surface area contributed by atoms with Gasteiger partial charge in [-0.25, -0.2) is 4.39 Å². The van der Waals surface area contributed by atoms with Gasteiger partial charge in [-0.15, -0.1) is 0 Å². The van der Waals surface area contributed by atoms with Crippen LogP contribution in [-0.4, -0.2) is 43.7 Å². The molecule has 2 atom stereocenters. The van der Waals surface area contributed by atoms with E-state index in [1.807, 2.05) is 42.5 Å². The quantitative estimate of drug-likeness (QED) is 0.587. The molecule has 0 aliphatic carbocycles. The summed E-state index contributed by atoms with van der Waals surface area (Å²) in [6.07, 6.45) is 0. The van der Waals surface area contributed by atoms with Crippen LogP contribution in [0.25, 0.3) is 0 Å². The van der Waals surface area contributed by atoms with Crippen molar-refractivity contribution in [2.45, 2.75) is 12.5 Å². The number of fused-ring (bicyclic) bond motifs is 1. The molecule has 0 bridgehead atoms. The second kappa shape index (κ2) is 9.66. The number of ether oxygens (including phenoxy) is 3. The summed E-state index contributed by atoms with van der Waals surface area (Å²) < 4.78 is 30.3. The maximum Gasteiger partial charge on any atom is 0.256 e. The molecule has 2 heterocycles. The van der Waals surface area contributed by atoms with E-state index in [9.17, 15) is 14.0 Å². The first-order valence-electron chi connectivity index (χ1n) is 11.4. The third kappa shape index (κ3) is 4.64. The van der Waals surface area contributed by atoms with Crippen molar-refractivity contribution < 1.29 is 28.2 Å². The molecule has 0 spiro atoms. The molecule has 1 saturated heterocycles. The fourth-order valence-corrected chi connectivity index (χ4v) is 4.60. The molecule has 1 N–H and O–H groups in total. The fourth-order valence-electron chi connectivity index (χ4n) is 4.60. The smallest absolute Gasteiger partial charge is 0.256 e. The van der Waals surface area contributed by atoms with Crippen LogP contribution in [0.15, 0.2) is 66.7 Å². The Labute approximate surface area is 202 Å². The highest BCUT2D eigenvalue weighted by molar-refractivity contribution is 5.95. The zero-order chi connectivity index (χ0) is 24.4. The van der Waals surface area contributed by atoms with Crippen LogP contribution in [0.2, 0.25) is 0 Å². The molecular formula is C27H25FN2O5. The van der Waals surface area contributed by atoms with E-state index in [4.69, 9.17) is 14.2 Å². The Kier molecular flexibility index (Phi) is 6.27. The molecule has 35 heavy (non-hydrogen) atoms. The summed E-state index contributed by atoms with van der Waals surface area (Å²) in [6, 6.07) is 18.9. The molecule has 5 rings (SSSR count). The lowest BCUT2D eigenvalue weighted by molar-refractivity contribution is -0.125. The number of rotatable bonds is 6. The number of nitrogens with one attached hydrogen (secondary N) is 1. The summed E-state index contributed by atoms with van der Waals surface area (Å²) in [7, 11) is 1.59. The van der Waals surface area contributed by atoms with Crippen LogP contribution in [0.1, 0.15) is 27.4 Å². The average molecular weight is 477 g/mol. The van der Waals surface area contributed by atoms with Crippen LogP contribution in [0.5, 0.6) is 17.2 Å². The molecule has 0 aromatic heterocycles. The molecule has 3 aromatic carbocycles. The Morgan fingerprint density at radius 2 is 1.80 bits per heavy atom. The first-order valence-corrected chi connectivity index (χ1v) is 11.4. The van der Waals surface area contributed by atoms with E-state index in [2.05, 4.69) is 5.32 Å². The van der Waals surface area contributed by atoms with Gasteiger partial charge < -0.3 is 24.4 Å². The third-order valence-corrected chi connectivity index (χ3v) is 6.50. The minimum Gasteiger partial charge on any atom is -0.497 e. The molecule has 2 aliphatic heterocycles. The Morgan fingerprint density at radius 1 is 1.03 bits per heavy atom. The minimum absolute atomic E-state index is 0.00222. The van der Waals surface area contributed by atoms with E-state index >= 15 is 0 Å². The van der Waals surface area contributed by atoms with Crippen molar-refractivity contribution >= 4 is 11.8 Å². The summed E-state index contributed by atoms with van der Waals surface area (Å²) in [5, 5.41) is 2.99. The van der Waals surface area contributed by atoms with Crippen LogP contribution in [0.4, 0.5) is 4.39 Å². The lowest BCUT2D eigenvalue weighted by Crippen LogP contribution is -2.35. The Bertz CT molecular complexity index is 1250. The fraction of sp³-hybridized carbons (Fsp3) is 0.259. The Balaban J connectivity index is 1.35. The van der Waals surface area contributed by atoms with E-state index in [0.29, 0.717) is 30.3 Å². The molecule has 180 valence electrons. The number of nitrogens with zero attached hydrogens (tertiary/aromatic N) is 1. The first kappa shape index (κ1) is 22.7. The summed E-state index contributed by atoms with van der Waals surface area (Å²) in [5.41, 5.74) is 1.79. The average Bonchev–Trinajstić information content (AvgIpc) is 3.54. The van der Waals surface area contributed by atoms with Gasteiger partial charge in [-0.1, -0.05) is 30.3 Å². The molecule has 2 aliphatic rings. The number of carbonyl (C=O) groups excluding carboxylic acids is 2. The van der Waals surface area contributed by atoms with Crippen LogP contribution in [-0.2, 0) is 11.3 Å². The van der Waals surface area contributed by atoms with Crippen molar-refractivity contribution in [3.05, 3.63) is 89.2 Å². The van der Waals surface area contributed by atoms with Crippen molar-refractivity contribution in [3.8, 4) is 17.2 Å². The van der Waals surface area contributed by atoms with Gasteiger partial charge in [-0.05, 0) is 47.5 Å². The van der Waals surface area contributed by atoms with E-state index < -0.39 is 17.6 Å². The Hall–Kier alpha value is -4.07. The molecule has 0 saturated carbocycles. The largest absolute Gasteiger partial charge is 0.497 e. The predicted octanol–water partition coefficient (Wildman–Crippen LogP) is 3.74. The summed E-state index contributed by atoms with van der Waals surface area (Å²) in [6.45, 7) is 0.990. The van der Waals surface area contributed by atoms with Gasteiger partial charge in [0.2, 0.25) is 12.7 Å². The van der Waals surface area contributed by atoms with Crippen LogP contribution in [0, 0.1) is 11.7 Å². The van der Waals surface area contributed by atoms with E-state index in [0.717, 1.165) is 11.1 Å². The molecule has 3 aromatic rings. The second-order valence-corrected chi connectivity index (χ2v) is 8.58. The topological polar surface area (TPSA) is 77.1 Å². The maximum atomic E-state index is 14.3. The van der Waals surface area contributed by atoms with Gasteiger partial charge in [0.15, 0.2) is 11.5 Å². The van der Waals surface area contributed by atoms with Crippen molar-refractivity contribution in [1.29, 1.82) is 0 Å². The van der Waals surface area contributed by atoms with Gasteiger partial charge >= 0.3 is 0 Å². The highest BCUT2D eigenvalue weighted by Crippen LogP contribution is 2.35. The lowest BCUT2D eigenvalue weighted by atomic mass is 9.88. The second-order valence-electron chi connectivity index (χ2n) is 8.58. The van der Waals surface area contributed by atoms with E-state index in [1.54, 1.807) is 24.1 Å². The minimum atomic E-state index is -0.575. The zero-order valence-electron chi connectivity index (χ0n) is 19.2. The van der Waals surface area contributed by atoms with Crippen molar-refractivity contribution in [1.82, 2.24) is 10.2 Å². The molecule has 1 fully saturated rings. The predicted molar refractivity (Wildman–Crippen MR) is 126 cm³/mol. The lowest BCUT2D eigenvalue weighted by Gasteiger charge is -2.18. The first-order chi connectivity index (χ1) is 17.0. The summed E-state index contributed by atoms with van der Waals surface area (Å²) in [4.78, 5) is 28.0. The van der Waals surface area contributed by atoms with Gasteiger partial charge in [-0.2, -0.15) is 0 Å². The monoisotopic (exact) mass is 476 g/mol. The van der Waals surface area contributed by atoms with E-state index in [-0.39, 0.29) is 30.7 Å². The Morgan fingerprint density at radius 3 is 2.57 bits per heavy atom. The molecule has 8 heteroatoms. The SMILES string of the molecule is COc1ccc([C@@H]2CN(C(=O)c3ccccc3F)C[C@H]2C(=O)NCc2ccc3c(c2)OCO3)cc1. The highest BCUT2D eigenvalue weighted by atomic mass is 19.1. The van der Waals surface area contributed by atoms with Crippen molar-refractivity contribution in [2.24, 2.45) is 5.92 Å². The van der Waals surface area contributed by atoms with Crippen molar-refractivity contribution in [2.75, 3.05) is 27.0 Å². The van der Waals surface area contributed by atoms with Crippen LogP contribution in [0.3, 0.4) is 0 Å². The van der Waals surface area contributed by atoms with Gasteiger partial charge in [0.25, 0.3) is 5.91 Å². The maximum absolute atomic E-state index is 14.3. The standard InChI is InChI=1S/C27H25FN2O5/c1-33-19-9-7-18(8-10-19)21-14-30(27(32)20-4-2-3-5-23(20)28)15-22(21)26(31)29-13-17-6-11-24-25(12-17)35-16-34-24/h2-12,21-22H,13-16H2,1H3,(H,29,31)/t21-,22+/m0/s1. The third-order valence-electron chi connectivity index (χ3n) is 6.50. The molecule has 7 nitrogen and oxygen atoms in total. The number of carbonyl (C=O) groups is 2. The number of amides is 2. The normalized spacial score (nSPS) is 18.4. The molecular weight excluding hydrogens is 451 g/mol. The molecule has 2 amide bonds. The van der Waals surface area contributed by atoms with Crippen LogP contribution >= 0.6 is 0 Å². The van der Waals surface area contributed by atoms with Gasteiger partial charge in [0.1, 0.15) is 11.6 Å². The number of hydrogen-bond acceptors (Lipinski definition) is 5. The number of halogens is 1. The van der Waals surface area contributed by atoms with Crippen LogP contribution < -0.4 is 19.5 Å². The van der Waals surface area contributed by atoms with Crippen molar-refractivity contribution in [3.63, 3.8) is 0 Å². The molecule has 0 unspecified atom stereocenters.